The van der Waals surface area contributed by atoms with E-state index in [9.17, 15) is 4.79 Å². The second-order valence-electron chi connectivity index (χ2n) is 7.93. The van der Waals surface area contributed by atoms with E-state index >= 15 is 0 Å². The molecule has 0 fully saturated rings. The summed E-state index contributed by atoms with van der Waals surface area (Å²) in [6.45, 7) is 2.40. The summed E-state index contributed by atoms with van der Waals surface area (Å²) in [5.41, 5.74) is 4.61. The van der Waals surface area contributed by atoms with E-state index in [-0.39, 0.29) is 18.4 Å². The molecule has 6 heteroatoms. The number of rotatable bonds is 8. The summed E-state index contributed by atoms with van der Waals surface area (Å²) < 4.78 is 5.87. The molecule has 1 aromatic heterocycles. The molecule has 0 aliphatic heterocycles. The van der Waals surface area contributed by atoms with E-state index < -0.39 is 0 Å². The highest BCUT2D eigenvalue weighted by molar-refractivity contribution is 6.35. The monoisotopic (exact) mass is 490 g/mol. The number of aryl methyl sites for hydroxylation is 1. The highest BCUT2D eigenvalue weighted by Crippen LogP contribution is 2.30. The van der Waals surface area contributed by atoms with E-state index in [1.54, 1.807) is 18.3 Å². The van der Waals surface area contributed by atoms with Crippen molar-refractivity contribution in [3.8, 4) is 5.75 Å². The molecule has 0 spiro atoms. The van der Waals surface area contributed by atoms with E-state index in [1.807, 2.05) is 79.7 Å². The summed E-state index contributed by atoms with van der Waals surface area (Å²) >= 11 is 12.5. The van der Waals surface area contributed by atoms with Gasteiger partial charge in [0.15, 0.2) is 0 Å². The van der Waals surface area contributed by atoms with Crippen molar-refractivity contribution < 1.29 is 9.53 Å². The zero-order valence-electron chi connectivity index (χ0n) is 18.7. The molecule has 172 valence electrons. The Bertz CT molecular complexity index is 1260. The SMILES string of the molecule is Cc1ncccc1COc1ccc(CC(=O)NC(c2ccccc2)c2ccc(Cl)cc2Cl)cc1. The van der Waals surface area contributed by atoms with Crippen LogP contribution in [0.15, 0.2) is 91.1 Å². The molecule has 1 unspecified atom stereocenters. The number of hydrogen-bond donors (Lipinski definition) is 1. The molecule has 0 saturated heterocycles. The van der Waals surface area contributed by atoms with Crippen molar-refractivity contribution in [1.82, 2.24) is 10.3 Å². The summed E-state index contributed by atoms with van der Waals surface area (Å²) in [6.07, 6.45) is 2.00. The maximum absolute atomic E-state index is 13.0. The van der Waals surface area contributed by atoms with Crippen molar-refractivity contribution in [2.75, 3.05) is 0 Å². The van der Waals surface area contributed by atoms with E-state index in [0.717, 1.165) is 33.7 Å². The van der Waals surface area contributed by atoms with E-state index in [2.05, 4.69) is 10.3 Å². The van der Waals surface area contributed by atoms with Gasteiger partial charge in [-0.1, -0.05) is 77.8 Å². The van der Waals surface area contributed by atoms with Gasteiger partial charge in [-0.25, -0.2) is 0 Å². The smallest absolute Gasteiger partial charge is 0.225 e. The van der Waals surface area contributed by atoms with Gasteiger partial charge in [0.25, 0.3) is 0 Å². The van der Waals surface area contributed by atoms with Crippen LogP contribution in [0.3, 0.4) is 0 Å². The van der Waals surface area contributed by atoms with Crippen LogP contribution in [0.2, 0.25) is 10.0 Å². The summed E-state index contributed by atoms with van der Waals surface area (Å²) in [4.78, 5) is 17.2. The lowest BCUT2D eigenvalue weighted by Crippen LogP contribution is -2.30. The molecule has 1 amide bonds. The summed E-state index contributed by atoms with van der Waals surface area (Å²) in [5.74, 6) is 0.627. The largest absolute Gasteiger partial charge is 0.489 e. The van der Waals surface area contributed by atoms with Gasteiger partial charge in [0.05, 0.1) is 12.5 Å². The number of halogens is 2. The zero-order chi connectivity index (χ0) is 23.9. The minimum atomic E-state index is -0.385. The third-order valence-corrected chi connectivity index (χ3v) is 6.07. The fourth-order valence-electron chi connectivity index (χ4n) is 3.65. The predicted molar refractivity (Wildman–Crippen MR) is 136 cm³/mol. The van der Waals surface area contributed by atoms with Gasteiger partial charge in [0.1, 0.15) is 12.4 Å². The molecule has 4 aromatic rings. The van der Waals surface area contributed by atoms with E-state index in [0.29, 0.717) is 16.7 Å². The number of ether oxygens (including phenoxy) is 1. The second-order valence-corrected chi connectivity index (χ2v) is 8.78. The predicted octanol–water partition coefficient (Wildman–Crippen LogP) is 6.72. The first-order chi connectivity index (χ1) is 16.5. The number of hydrogen-bond acceptors (Lipinski definition) is 3. The fraction of sp³-hybridized carbons (Fsp3) is 0.143. The normalized spacial score (nSPS) is 11.6. The topological polar surface area (TPSA) is 51.2 Å². The Kier molecular flexibility index (Phi) is 7.84. The van der Waals surface area contributed by atoms with Crippen molar-refractivity contribution in [2.45, 2.75) is 26.0 Å². The molecular weight excluding hydrogens is 467 g/mol. The molecule has 34 heavy (non-hydrogen) atoms. The highest BCUT2D eigenvalue weighted by Gasteiger charge is 2.20. The third kappa shape index (κ3) is 6.16. The zero-order valence-corrected chi connectivity index (χ0v) is 20.2. The first-order valence-corrected chi connectivity index (χ1v) is 11.7. The van der Waals surface area contributed by atoms with Crippen LogP contribution in [-0.4, -0.2) is 10.9 Å². The standard InChI is InChI=1S/C28H24Cl2N2O2/c1-19-22(8-5-15-31-19)18-34-24-12-9-20(10-13-24)16-27(33)32-28(21-6-3-2-4-7-21)25-14-11-23(29)17-26(25)30/h2-15,17,28H,16,18H2,1H3,(H,32,33). The third-order valence-electron chi connectivity index (χ3n) is 5.51. The highest BCUT2D eigenvalue weighted by atomic mass is 35.5. The lowest BCUT2D eigenvalue weighted by Gasteiger charge is -2.21. The second kappa shape index (κ2) is 11.2. The van der Waals surface area contributed by atoms with Crippen LogP contribution in [0.1, 0.15) is 34.0 Å². The quantitative estimate of drug-likeness (QED) is 0.298. The van der Waals surface area contributed by atoms with E-state index in [1.165, 1.54) is 0 Å². The molecule has 0 aliphatic rings. The van der Waals surface area contributed by atoms with Gasteiger partial charge in [-0.15, -0.1) is 0 Å². The van der Waals surface area contributed by atoms with Crippen LogP contribution in [0.4, 0.5) is 0 Å². The Morgan fingerprint density at radius 1 is 0.971 bits per heavy atom. The van der Waals surface area contributed by atoms with Crippen LogP contribution in [0.25, 0.3) is 0 Å². The minimum absolute atomic E-state index is 0.112. The lowest BCUT2D eigenvalue weighted by molar-refractivity contribution is -0.120. The lowest BCUT2D eigenvalue weighted by atomic mass is 9.98. The summed E-state index contributed by atoms with van der Waals surface area (Å²) in [7, 11) is 0. The number of nitrogens with one attached hydrogen (secondary N) is 1. The van der Waals surface area contributed by atoms with Crippen molar-refractivity contribution in [3.63, 3.8) is 0 Å². The Morgan fingerprint density at radius 2 is 1.74 bits per heavy atom. The van der Waals surface area contributed by atoms with Crippen molar-refractivity contribution in [1.29, 1.82) is 0 Å². The first kappa shape index (κ1) is 23.8. The Balaban J connectivity index is 1.43. The Labute approximate surface area is 209 Å². The number of benzene rings is 3. The Morgan fingerprint density at radius 3 is 2.44 bits per heavy atom. The molecule has 4 nitrogen and oxygen atoms in total. The van der Waals surface area contributed by atoms with Gasteiger partial charge in [-0.05, 0) is 53.9 Å². The average Bonchev–Trinajstić information content (AvgIpc) is 2.84. The molecule has 1 N–H and O–H groups in total. The molecule has 0 radical (unpaired) electrons. The van der Waals surface area contributed by atoms with Crippen LogP contribution in [-0.2, 0) is 17.8 Å². The first-order valence-electron chi connectivity index (χ1n) is 10.9. The number of carbonyl (C=O) groups excluding carboxylic acids is 1. The molecule has 3 aromatic carbocycles. The van der Waals surface area contributed by atoms with E-state index in [4.69, 9.17) is 27.9 Å². The van der Waals surface area contributed by atoms with Crippen molar-refractivity contribution in [2.24, 2.45) is 0 Å². The Hall–Kier alpha value is -3.34. The van der Waals surface area contributed by atoms with Crippen LogP contribution in [0.5, 0.6) is 5.75 Å². The number of aromatic nitrogens is 1. The van der Waals surface area contributed by atoms with Gasteiger partial charge >= 0.3 is 0 Å². The molecule has 0 aliphatic carbocycles. The number of nitrogens with zero attached hydrogens (tertiary/aromatic N) is 1. The van der Waals surface area contributed by atoms with Gasteiger partial charge in [-0.3, -0.25) is 9.78 Å². The minimum Gasteiger partial charge on any atom is -0.489 e. The van der Waals surface area contributed by atoms with Crippen LogP contribution >= 0.6 is 23.2 Å². The van der Waals surface area contributed by atoms with Gasteiger partial charge in [0.2, 0.25) is 5.91 Å². The molecule has 4 rings (SSSR count). The maximum atomic E-state index is 13.0. The van der Waals surface area contributed by atoms with Crippen LogP contribution < -0.4 is 10.1 Å². The van der Waals surface area contributed by atoms with Crippen molar-refractivity contribution in [3.05, 3.63) is 129 Å². The van der Waals surface area contributed by atoms with Crippen molar-refractivity contribution >= 4 is 29.1 Å². The fourth-order valence-corrected chi connectivity index (χ4v) is 4.17. The number of pyridine rings is 1. The summed E-state index contributed by atoms with van der Waals surface area (Å²) in [6, 6.07) is 26.1. The van der Waals surface area contributed by atoms with Crippen LogP contribution in [0, 0.1) is 6.92 Å². The molecule has 0 saturated carbocycles. The average molecular weight is 491 g/mol. The number of carbonyl (C=O) groups is 1. The molecule has 1 heterocycles. The van der Waals surface area contributed by atoms with Gasteiger partial charge in [0, 0.05) is 27.5 Å². The van der Waals surface area contributed by atoms with Gasteiger partial charge in [-0.2, -0.15) is 0 Å². The molecule has 0 bridgehead atoms. The molecular formula is C28H24Cl2N2O2. The maximum Gasteiger partial charge on any atom is 0.225 e. The summed E-state index contributed by atoms with van der Waals surface area (Å²) in [5, 5.41) is 4.18. The van der Waals surface area contributed by atoms with Gasteiger partial charge < -0.3 is 10.1 Å². The number of amides is 1. The molecule has 1 atom stereocenters.